The first-order valence-electron chi connectivity index (χ1n) is 6.28. The van der Waals surface area contributed by atoms with Crippen LogP contribution in [-0.2, 0) is 4.79 Å². The van der Waals surface area contributed by atoms with Crippen molar-refractivity contribution in [3.05, 3.63) is 23.8 Å². The van der Waals surface area contributed by atoms with Gasteiger partial charge in [0, 0.05) is 6.54 Å². The second-order valence-electron chi connectivity index (χ2n) is 4.49. The van der Waals surface area contributed by atoms with E-state index in [9.17, 15) is 4.79 Å². The second-order valence-corrected chi connectivity index (χ2v) is 4.76. The van der Waals surface area contributed by atoms with E-state index < -0.39 is 0 Å². The summed E-state index contributed by atoms with van der Waals surface area (Å²) in [6.45, 7) is 0.768. The molecule has 0 spiro atoms. The molecule has 104 valence electrons. The van der Waals surface area contributed by atoms with Gasteiger partial charge in [-0.25, -0.2) is 0 Å². The highest BCUT2D eigenvalue weighted by Crippen LogP contribution is 2.36. The van der Waals surface area contributed by atoms with E-state index in [0.29, 0.717) is 11.5 Å². The van der Waals surface area contributed by atoms with Gasteiger partial charge in [0.15, 0.2) is 11.5 Å². The van der Waals surface area contributed by atoms with Gasteiger partial charge in [-0.05, 0) is 30.5 Å². The molecule has 0 aliphatic carbocycles. The lowest BCUT2D eigenvalue weighted by molar-refractivity contribution is -0.129. The van der Waals surface area contributed by atoms with Crippen molar-refractivity contribution in [3.8, 4) is 11.5 Å². The van der Waals surface area contributed by atoms with E-state index in [-0.39, 0.29) is 17.8 Å². The Morgan fingerprint density at radius 3 is 2.74 bits per heavy atom. The topological polar surface area (TPSA) is 38.8 Å². The van der Waals surface area contributed by atoms with Crippen molar-refractivity contribution in [1.82, 2.24) is 4.90 Å². The molecule has 0 bridgehead atoms. The van der Waals surface area contributed by atoms with E-state index >= 15 is 0 Å². The second kappa shape index (κ2) is 6.15. The lowest BCUT2D eigenvalue weighted by atomic mass is 10.0. The summed E-state index contributed by atoms with van der Waals surface area (Å²) >= 11 is 5.66. The third-order valence-corrected chi connectivity index (χ3v) is 3.71. The quantitative estimate of drug-likeness (QED) is 0.798. The molecule has 2 rings (SSSR count). The Kier molecular flexibility index (Phi) is 4.53. The van der Waals surface area contributed by atoms with E-state index in [1.54, 1.807) is 14.2 Å². The van der Waals surface area contributed by atoms with Gasteiger partial charge in [-0.3, -0.25) is 4.79 Å². The monoisotopic (exact) mass is 283 g/mol. The van der Waals surface area contributed by atoms with Gasteiger partial charge in [-0.1, -0.05) is 6.07 Å². The molecule has 0 radical (unpaired) electrons. The van der Waals surface area contributed by atoms with Gasteiger partial charge in [0.1, 0.15) is 5.88 Å². The fourth-order valence-electron chi connectivity index (χ4n) is 2.55. The van der Waals surface area contributed by atoms with Gasteiger partial charge in [0.2, 0.25) is 5.91 Å². The first-order valence-corrected chi connectivity index (χ1v) is 6.82. The van der Waals surface area contributed by atoms with Crippen LogP contribution < -0.4 is 9.47 Å². The van der Waals surface area contributed by atoms with E-state index in [4.69, 9.17) is 21.1 Å². The molecule has 0 N–H and O–H groups in total. The summed E-state index contributed by atoms with van der Waals surface area (Å²) in [4.78, 5) is 13.7. The highest BCUT2D eigenvalue weighted by molar-refractivity contribution is 6.27. The minimum Gasteiger partial charge on any atom is -0.493 e. The van der Waals surface area contributed by atoms with Gasteiger partial charge in [0.05, 0.1) is 20.3 Å². The number of amides is 1. The van der Waals surface area contributed by atoms with Crippen molar-refractivity contribution in [2.24, 2.45) is 0 Å². The number of carbonyl (C=O) groups is 1. The number of hydrogen-bond donors (Lipinski definition) is 0. The molecule has 1 atom stereocenters. The average molecular weight is 284 g/mol. The van der Waals surface area contributed by atoms with Crippen LogP contribution in [0.3, 0.4) is 0 Å². The molecule has 0 saturated carbocycles. The predicted octanol–water partition coefficient (Wildman–Crippen LogP) is 2.61. The molecule has 1 heterocycles. The Bertz CT molecular complexity index is 464. The van der Waals surface area contributed by atoms with Crippen LogP contribution in [0.15, 0.2) is 18.2 Å². The molecule has 1 aromatic carbocycles. The standard InChI is InChI=1S/C14H18ClNO3/c1-18-12-6-5-10(8-13(12)19-2)11-4-3-7-16(11)14(17)9-15/h5-6,8,11H,3-4,7,9H2,1-2H3/t11-/m1/s1. The van der Waals surface area contributed by atoms with Crippen LogP contribution in [0.4, 0.5) is 0 Å². The van der Waals surface area contributed by atoms with Crippen LogP contribution >= 0.6 is 11.6 Å². The molecular weight excluding hydrogens is 266 g/mol. The van der Waals surface area contributed by atoms with E-state index in [1.807, 2.05) is 23.1 Å². The predicted molar refractivity (Wildman–Crippen MR) is 74.0 cm³/mol. The minimum atomic E-state index is -0.0149. The number of hydrogen-bond acceptors (Lipinski definition) is 3. The van der Waals surface area contributed by atoms with E-state index in [1.165, 1.54) is 0 Å². The Labute approximate surface area is 118 Å². The summed E-state index contributed by atoms with van der Waals surface area (Å²) in [5.74, 6) is 1.40. The Balaban J connectivity index is 2.28. The highest BCUT2D eigenvalue weighted by Gasteiger charge is 2.29. The maximum Gasteiger partial charge on any atom is 0.238 e. The zero-order chi connectivity index (χ0) is 13.8. The molecule has 0 unspecified atom stereocenters. The smallest absolute Gasteiger partial charge is 0.238 e. The first-order chi connectivity index (χ1) is 9.21. The molecule has 1 amide bonds. The fraction of sp³-hybridized carbons (Fsp3) is 0.500. The molecule has 19 heavy (non-hydrogen) atoms. The average Bonchev–Trinajstić information content (AvgIpc) is 2.95. The zero-order valence-electron chi connectivity index (χ0n) is 11.2. The fourth-order valence-corrected chi connectivity index (χ4v) is 2.70. The largest absolute Gasteiger partial charge is 0.493 e. The van der Waals surface area contributed by atoms with Crippen LogP contribution in [0.5, 0.6) is 11.5 Å². The maximum atomic E-state index is 11.8. The van der Waals surface area contributed by atoms with Crippen molar-refractivity contribution in [2.75, 3.05) is 26.6 Å². The maximum absolute atomic E-state index is 11.8. The zero-order valence-corrected chi connectivity index (χ0v) is 11.9. The molecule has 1 aliphatic rings. The summed E-state index contributed by atoms with van der Waals surface area (Å²) in [7, 11) is 3.22. The molecule has 4 nitrogen and oxygen atoms in total. The van der Waals surface area contributed by atoms with E-state index in [2.05, 4.69) is 0 Å². The molecule has 1 aliphatic heterocycles. The number of benzene rings is 1. The van der Waals surface area contributed by atoms with Crippen LogP contribution in [0, 0.1) is 0 Å². The molecule has 1 aromatic rings. The molecule has 1 saturated heterocycles. The lowest BCUT2D eigenvalue weighted by Crippen LogP contribution is -2.31. The van der Waals surface area contributed by atoms with Crippen molar-refractivity contribution in [3.63, 3.8) is 0 Å². The Morgan fingerprint density at radius 2 is 2.11 bits per heavy atom. The van der Waals surface area contributed by atoms with Crippen LogP contribution in [0.2, 0.25) is 0 Å². The molecule has 5 heteroatoms. The van der Waals surface area contributed by atoms with Crippen molar-refractivity contribution in [2.45, 2.75) is 18.9 Å². The third kappa shape index (κ3) is 2.78. The van der Waals surface area contributed by atoms with Crippen molar-refractivity contribution >= 4 is 17.5 Å². The number of methoxy groups -OCH3 is 2. The van der Waals surface area contributed by atoms with Crippen LogP contribution in [-0.4, -0.2) is 37.5 Å². The van der Waals surface area contributed by atoms with Gasteiger partial charge in [0.25, 0.3) is 0 Å². The van der Waals surface area contributed by atoms with Gasteiger partial charge < -0.3 is 14.4 Å². The number of halogens is 1. The molecular formula is C14H18ClNO3. The number of rotatable bonds is 4. The summed E-state index contributed by atoms with van der Waals surface area (Å²) in [6.07, 6.45) is 1.96. The van der Waals surface area contributed by atoms with Crippen LogP contribution in [0.25, 0.3) is 0 Å². The number of nitrogens with zero attached hydrogens (tertiary/aromatic N) is 1. The number of alkyl halides is 1. The Hall–Kier alpha value is -1.42. The van der Waals surface area contributed by atoms with Gasteiger partial charge >= 0.3 is 0 Å². The van der Waals surface area contributed by atoms with Gasteiger partial charge in [-0.2, -0.15) is 0 Å². The van der Waals surface area contributed by atoms with Crippen molar-refractivity contribution in [1.29, 1.82) is 0 Å². The number of likely N-dealkylation sites (tertiary alicyclic amines) is 1. The summed E-state index contributed by atoms with van der Waals surface area (Å²) < 4.78 is 10.5. The SMILES string of the molecule is COc1ccc([C@H]2CCCN2C(=O)CCl)cc1OC. The summed E-state index contributed by atoms with van der Waals surface area (Å²) in [5, 5.41) is 0. The van der Waals surface area contributed by atoms with Gasteiger partial charge in [-0.15, -0.1) is 11.6 Å². The van der Waals surface area contributed by atoms with E-state index in [0.717, 1.165) is 24.9 Å². The summed E-state index contributed by atoms with van der Waals surface area (Å²) in [5.41, 5.74) is 1.06. The lowest BCUT2D eigenvalue weighted by Gasteiger charge is -2.25. The minimum absolute atomic E-state index is 0.0149. The van der Waals surface area contributed by atoms with Crippen LogP contribution in [0.1, 0.15) is 24.4 Å². The Morgan fingerprint density at radius 1 is 1.37 bits per heavy atom. The normalized spacial score (nSPS) is 18.5. The highest BCUT2D eigenvalue weighted by atomic mass is 35.5. The molecule has 1 fully saturated rings. The summed E-state index contributed by atoms with van der Waals surface area (Å²) in [6, 6.07) is 5.87. The van der Waals surface area contributed by atoms with Crippen molar-refractivity contribution < 1.29 is 14.3 Å². The molecule has 0 aromatic heterocycles. The number of carbonyl (C=O) groups excluding carboxylic acids is 1. The number of ether oxygens (including phenoxy) is 2. The first kappa shape index (κ1) is 14.0. The third-order valence-electron chi connectivity index (χ3n) is 3.48.